The molecule has 3 aromatic carbocycles. The molecule has 0 bridgehead atoms. The molecule has 30 heavy (non-hydrogen) atoms. The minimum atomic E-state index is -4.99. The Kier molecular flexibility index (Phi) is 4.39. The molecule has 7 heteroatoms. The number of phenolic OH excluding ortho intramolecular Hbond substituents is 1. The van der Waals surface area contributed by atoms with E-state index in [4.69, 9.17) is 0 Å². The van der Waals surface area contributed by atoms with Gasteiger partial charge in [0.15, 0.2) is 0 Å². The minimum absolute atomic E-state index is 0.193. The van der Waals surface area contributed by atoms with Crippen molar-refractivity contribution in [1.29, 1.82) is 0 Å². The third-order valence-corrected chi connectivity index (χ3v) is 5.90. The Labute approximate surface area is 169 Å². The van der Waals surface area contributed by atoms with E-state index in [2.05, 4.69) is 0 Å². The molecule has 0 fully saturated rings. The first kappa shape index (κ1) is 20.6. The van der Waals surface area contributed by atoms with E-state index in [1.54, 1.807) is 38.1 Å². The summed E-state index contributed by atoms with van der Waals surface area (Å²) in [4.78, 5) is 0. The smallest absolute Gasteiger partial charge is 0.402 e. The molecule has 1 nitrogen and oxygen atoms in total. The number of benzene rings is 3. The molecule has 1 aliphatic rings. The fourth-order valence-electron chi connectivity index (χ4n) is 4.57. The second-order valence-electron chi connectivity index (χ2n) is 7.93. The number of phenols is 1. The van der Waals surface area contributed by atoms with Gasteiger partial charge in [-0.25, -0.2) is 0 Å². The van der Waals surface area contributed by atoms with Gasteiger partial charge in [0.05, 0.1) is 0 Å². The maximum absolute atomic E-state index is 14.6. The van der Waals surface area contributed by atoms with Crippen LogP contribution in [0.25, 0.3) is 21.9 Å². The van der Waals surface area contributed by atoms with Crippen LogP contribution < -0.4 is 0 Å². The molecule has 1 N–H and O–H groups in total. The summed E-state index contributed by atoms with van der Waals surface area (Å²) in [7, 11) is 0. The predicted octanol–water partition coefficient (Wildman–Crippen LogP) is 7.33. The Morgan fingerprint density at radius 1 is 0.800 bits per heavy atom. The van der Waals surface area contributed by atoms with Crippen LogP contribution in [0.3, 0.4) is 0 Å². The molecule has 4 rings (SSSR count). The molecule has 0 amide bonds. The number of aromatic hydroxyl groups is 1. The number of rotatable bonds is 2. The number of fused-ring (bicyclic) bond motifs is 5. The molecule has 1 aliphatic carbocycles. The zero-order valence-electron chi connectivity index (χ0n) is 16.2. The molecule has 0 heterocycles. The summed E-state index contributed by atoms with van der Waals surface area (Å²) in [5.41, 5.74) is -1.56. The Hall–Kier alpha value is -2.70. The van der Waals surface area contributed by atoms with Crippen LogP contribution in [-0.2, 0) is 5.41 Å². The maximum atomic E-state index is 14.6. The zero-order chi connectivity index (χ0) is 22.1. The number of hydrogen-bond acceptors (Lipinski definition) is 1. The molecule has 0 spiro atoms. The fraction of sp³-hybridized carbons (Fsp3) is 0.304. The first-order chi connectivity index (χ1) is 13.8. The van der Waals surface area contributed by atoms with Crippen molar-refractivity contribution in [1.82, 2.24) is 0 Å². The molecule has 1 atom stereocenters. The monoisotopic (exact) mass is 424 g/mol. The highest BCUT2D eigenvalue weighted by Gasteiger charge is 2.62. The number of aryl methyl sites for hydroxylation is 2. The third-order valence-electron chi connectivity index (χ3n) is 5.90. The van der Waals surface area contributed by atoms with Gasteiger partial charge < -0.3 is 5.11 Å². The van der Waals surface area contributed by atoms with Crippen LogP contribution in [0.1, 0.15) is 35.1 Å². The normalized spacial score (nSPS) is 18.5. The lowest BCUT2D eigenvalue weighted by atomic mass is 9.73. The van der Waals surface area contributed by atoms with E-state index >= 15 is 0 Å². The van der Waals surface area contributed by atoms with Gasteiger partial charge in [0.25, 0.3) is 0 Å². The number of halogens is 6. The molecule has 158 valence electrons. The van der Waals surface area contributed by atoms with Gasteiger partial charge in [-0.05, 0) is 60.0 Å². The van der Waals surface area contributed by atoms with Crippen LogP contribution in [0.5, 0.6) is 5.75 Å². The average molecular weight is 424 g/mol. The van der Waals surface area contributed by atoms with Crippen LogP contribution >= 0.6 is 0 Å². The Morgan fingerprint density at radius 2 is 1.43 bits per heavy atom. The van der Waals surface area contributed by atoms with E-state index in [9.17, 15) is 31.4 Å². The summed E-state index contributed by atoms with van der Waals surface area (Å²) >= 11 is 0. The van der Waals surface area contributed by atoms with E-state index in [1.165, 1.54) is 12.1 Å². The van der Waals surface area contributed by atoms with Gasteiger partial charge in [0.2, 0.25) is 0 Å². The van der Waals surface area contributed by atoms with Gasteiger partial charge in [-0.2, -0.15) is 26.3 Å². The van der Waals surface area contributed by atoms with Gasteiger partial charge in [0, 0.05) is 11.8 Å². The van der Waals surface area contributed by atoms with E-state index in [-0.39, 0.29) is 28.0 Å². The van der Waals surface area contributed by atoms with Crippen LogP contribution in [0.4, 0.5) is 26.3 Å². The van der Waals surface area contributed by atoms with E-state index in [0.29, 0.717) is 16.3 Å². The molecule has 0 saturated carbocycles. The Balaban J connectivity index is 2.15. The third kappa shape index (κ3) is 2.94. The number of alkyl halides is 6. The van der Waals surface area contributed by atoms with Gasteiger partial charge in [-0.1, -0.05) is 41.5 Å². The largest absolute Gasteiger partial charge is 0.507 e. The average Bonchev–Trinajstić information content (AvgIpc) is 2.89. The van der Waals surface area contributed by atoms with Crippen LogP contribution in [0.15, 0.2) is 42.5 Å². The summed E-state index contributed by atoms with van der Waals surface area (Å²) in [5, 5.41) is 11.3. The minimum Gasteiger partial charge on any atom is -0.507 e. The van der Waals surface area contributed by atoms with Crippen molar-refractivity contribution in [2.24, 2.45) is 0 Å². The Morgan fingerprint density at radius 3 is 2.07 bits per heavy atom. The van der Waals surface area contributed by atoms with Crippen LogP contribution in [0, 0.1) is 13.8 Å². The molecule has 3 aromatic rings. The summed E-state index contributed by atoms with van der Waals surface area (Å²) in [5.74, 6) is -0.377. The highest BCUT2D eigenvalue weighted by Crippen LogP contribution is 2.61. The van der Waals surface area contributed by atoms with Crippen molar-refractivity contribution >= 4 is 10.8 Å². The molecular formula is C23H18F6O. The molecule has 0 aromatic heterocycles. The first-order valence-electron chi connectivity index (χ1n) is 9.37. The van der Waals surface area contributed by atoms with Crippen molar-refractivity contribution in [3.63, 3.8) is 0 Å². The van der Waals surface area contributed by atoms with Gasteiger partial charge in [-0.15, -0.1) is 0 Å². The van der Waals surface area contributed by atoms with Crippen molar-refractivity contribution in [2.45, 2.75) is 44.5 Å². The highest BCUT2D eigenvalue weighted by molar-refractivity contribution is 6.05. The van der Waals surface area contributed by atoms with Gasteiger partial charge >= 0.3 is 12.4 Å². The molecule has 0 radical (unpaired) electrons. The predicted molar refractivity (Wildman–Crippen MR) is 103 cm³/mol. The first-order valence-corrected chi connectivity index (χ1v) is 9.37. The zero-order valence-corrected chi connectivity index (χ0v) is 16.2. The summed E-state index contributed by atoms with van der Waals surface area (Å²) < 4.78 is 83.1. The van der Waals surface area contributed by atoms with Crippen LogP contribution in [-0.4, -0.2) is 17.5 Å². The van der Waals surface area contributed by atoms with Crippen molar-refractivity contribution in [3.8, 4) is 16.9 Å². The quantitative estimate of drug-likeness (QED) is 0.427. The van der Waals surface area contributed by atoms with E-state index < -0.39 is 30.6 Å². The highest BCUT2D eigenvalue weighted by atomic mass is 19.4. The lowest BCUT2D eigenvalue weighted by Crippen LogP contribution is -2.42. The molecule has 0 aliphatic heterocycles. The fourth-order valence-corrected chi connectivity index (χ4v) is 4.57. The second-order valence-corrected chi connectivity index (χ2v) is 7.93. The lowest BCUT2D eigenvalue weighted by molar-refractivity contribution is -0.191. The Bertz CT molecular complexity index is 1160. The second kappa shape index (κ2) is 6.40. The standard InChI is InChI=1S/C23H18F6O/c1-12-3-5-14-16(9-12)19(30)11-18-20(14)15-6-4-13(2)10-17(15)21(18,23(27,28)29)7-8-22(24,25)26/h3-6,9-11,30H,7-8H2,1-2H3. The van der Waals surface area contributed by atoms with Gasteiger partial charge in [0.1, 0.15) is 11.2 Å². The summed E-state index contributed by atoms with van der Waals surface area (Å²) in [6, 6.07) is 10.5. The summed E-state index contributed by atoms with van der Waals surface area (Å²) in [6.45, 7) is 3.39. The topological polar surface area (TPSA) is 20.2 Å². The van der Waals surface area contributed by atoms with Crippen molar-refractivity contribution in [3.05, 3.63) is 64.7 Å². The van der Waals surface area contributed by atoms with Gasteiger partial charge in [-0.3, -0.25) is 0 Å². The SMILES string of the molecule is Cc1ccc2c(c1)C(CCC(F)(F)F)(C(F)(F)F)c1cc(O)c3cc(C)ccc3c1-2. The molecular weight excluding hydrogens is 406 g/mol. The van der Waals surface area contributed by atoms with E-state index in [0.717, 1.165) is 11.6 Å². The van der Waals surface area contributed by atoms with Crippen molar-refractivity contribution in [2.75, 3.05) is 0 Å². The lowest BCUT2D eigenvalue weighted by Gasteiger charge is -2.35. The van der Waals surface area contributed by atoms with Crippen LogP contribution in [0.2, 0.25) is 0 Å². The van der Waals surface area contributed by atoms with E-state index in [1.807, 2.05) is 0 Å². The molecule has 0 saturated heterocycles. The summed E-state index contributed by atoms with van der Waals surface area (Å²) in [6.07, 6.45) is -12.5. The maximum Gasteiger partial charge on any atom is 0.402 e. The number of hydrogen-bond donors (Lipinski definition) is 1. The molecule has 1 unspecified atom stereocenters. The van der Waals surface area contributed by atoms with Crippen molar-refractivity contribution < 1.29 is 31.4 Å².